The molecule has 2 aromatic carbocycles. The van der Waals surface area contributed by atoms with Gasteiger partial charge in [0.15, 0.2) is 0 Å². The Kier molecular flexibility index (Phi) is 3.57. The van der Waals surface area contributed by atoms with Crippen LogP contribution in [0.1, 0.15) is 16.7 Å². The highest BCUT2D eigenvalue weighted by atomic mass is 16.4. The van der Waals surface area contributed by atoms with Crippen LogP contribution in [0.25, 0.3) is 11.0 Å². The number of para-hydroxylation sites is 2. The molecule has 2 heterocycles. The van der Waals surface area contributed by atoms with E-state index in [1.807, 2.05) is 55.1 Å². The second-order valence-electron chi connectivity index (χ2n) is 6.44. The first-order valence-electron chi connectivity index (χ1n) is 8.19. The van der Waals surface area contributed by atoms with Gasteiger partial charge in [0.2, 0.25) is 5.91 Å². The summed E-state index contributed by atoms with van der Waals surface area (Å²) in [7, 11) is 0. The van der Waals surface area contributed by atoms with E-state index in [2.05, 4.69) is 5.32 Å². The third-order valence-electron chi connectivity index (χ3n) is 4.66. The standard InChI is InChI=1S/C20H18N2O3/c1-12-7-15-14(9-20(24)25-18(15)8-13(12)2)10-22-11-19(23)21-16-5-3-4-6-17(16)22/h3-9H,10-11H2,1-2H3,(H,21,23). The Balaban J connectivity index is 1.83. The van der Waals surface area contributed by atoms with Crippen molar-refractivity contribution in [1.82, 2.24) is 0 Å². The first-order chi connectivity index (χ1) is 12.0. The Bertz CT molecular complexity index is 1050. The summed E-state index contributed by atoms with van der Waals surface area (Å²) in [5, 5.41) is 3.79. The van der Waals surface area contributed by atoms with Crippen LogP contribution in [-0.2, 0) is 11.3 Å². The molecule has 5 heteroatoms. The van der Waals surface area contributed by atoms with Crippen LogP contribution in [0.5, 0.6) is 0 Å². The van der Waals surface area contributed by atoms with Crippen molar-refractivity contribution >= 4 is 28.3 Å². The van der Waals surface area contributed by atoms with E-state index in [4.69, 9.17) is 4.42 Å². The zero-order chi connectivity index (χ0) is 17.6. The molecule has 0 fully saturated rings. The fourth-order valence-electron chi connectivity index (χ4n) is 3.26. The molecule has 0 unspecified atom stereocenters. The zero-order valence-corrected chi connectivity index (χ0v) is 14.1. The average Bonchev–Trinajstić information content (AvgIpc) is 2.56. The van der Waals surface area contributed by atoms with Gasteiger partial charge in [0, 0.05) is 18.0 Å². The van der Waals surface area contributed by atoms with Gasteiger partial charge in [-0.1, -0.05) is 12.1 Å². The SMILES string of the molecule is Cc1cc2oc(=O)cc(CN3CC(=O)Nc4ccccc43)c2cc1C. The molecule has 0 saturated carbocycles. The number of hydrogen-bond donors (Lipinski definition) is 1. The van der Waals surface area contributed by atoms with Gasteiger partial charge < -0.3 is 14.6 Å². The Morgan fingerprint density at radius 2 is 1.84 bits per heavy atom. The van der Waals surface area contributed by atoms with E-state index < -0.39 is 0 Å². The number of fused-ring (bicyclic) bond motifs is 2. The summed E-state index contributed by atoms with van der Waals surface area (Å²) in [6.45, 7) is 4.75. The van der Waals surface area contributed by atoms with Crippen LogP contribution >= 0.6 is 0 Å². The van der Waals surface area contributed by atoms with Gasteiger partial charge in [-0.05, 0) is 54.8 Å². The van der Waals surface area contributed by atoms with E-state index in [9.17, 15) is 9.59 Å². The van der Waals surface area contributed by atoms with Crippen molar-refractivity contribution in [2.24, 2.45) is 0 Å². The quantitative estimate of drug-likeness (QED) is 0.730. The monoisotopic (exact) mass is 334 g/mol. The number of carbonyl (C=O) groups excluding carboxylic acids is 1. The maximum absolute atomic E-state index is 12.0. The summed E-state index contributed by atoms with van der Waals surface area (Å²) in [5.74, 6) is -0.0574. The van der Waals surface area contributed by atoms with Crippen LogP contribution in [0.2, 0.25) is 0 Å². The summed E-state index contributed by atoms with van der Waals surface area (Å²) < 4.78 is 5.36. The molecule has 5 nitrogen and oxygen atoms in total. The molecule has 0 saturated heterocycles. The molecular formula is C20H18N2O3. The molecule has 4 rings (SSSR count). The Hall–Kier alpha value is -3.08. The minimum Gasteiger partial charge on any atom is -0.423 e. The highest BCUT2D eigenvalue weighted by Gasteiger charge is 2.22. The average molecular weight is 334 g/mol. The van der Waals surface area contributed by atoms with Crippen LogP contribution in [-0.4, -0.2) is 12.5 Å². The smallest absolute Gasteiger partial charge is 0.336 e. The molecule has 0 bridgehead atoms. The summed E-state index contributed by atoms with van der Waals surface area (Å²) in [6.07, 6.45) is 0. The fraction of sp³-hybridized carbons (Fsp3) is 0.200. The molecule has 3 aromatic rings. The van der Waals surface area contributed by atoms with Gasteiger partial charge >= 0.3 is 5.63 Å². The van der Waals surface area contributed by atoms with E-state index in [0.717, 1.165) is 33.5 Å². The van der Waals surface area contributed by atoms with Crippen molar-refractivity contribution in [3.05, 3.63) is 69.6 Å². The lowest BCUT2D eigenvalue weighted by Crippen LogP contribution is -2.37. The van der Waals surface area contributed by atoms with E-state index in [-0.39, 0.29) is 18.1 Å². The molecule has 1 aromatic heterocycles. The van der Waals surface area contributed by atoms with E-state index in [0.29, 0.717) is 12.1 Å². The largest absolute Gasteiger partial charge is 0.423 e. The van der Waals surface area contributed by atoms with E-state index in [1.165, 1.54) is 6.07 Å². The second-order valence-corrected chi connectivity index (χ2v) is 6.44. The van der Waals surface area contributed by atoms with Gasteiger partial charge in [-0.2, -0.15) is 0 Å². The minimum absolute atomic E-state index is 0.0574. The lowest BCUT2D eigenvalue weighted by Gasteiger charge is -2.31. The molecule has 1 amide bonds. The number of benzene rings is 2. The zero-order valence-electron chi connectivity index (χ0n) is 14.1. The molecule has 1 aliphatic heterocycles. The van der Waals surface area contributed by atoms with Crippen molar-refractivity contribution in [3.63, 3.8) is 0 Å². The Labute approximate surface area is 144 Å². The molecule has 1 N–H and O–H groups in total. The number of anilines is 2. The predicted octanol–water partition coefficient (Wildman–Crippen LogP) is 3.37. The summed E-state index contributed by atoms with van der Waals surface area (Å²) in [6, 6.07) is 13.1. The Morgan fingerprint density at radius 1 is 1.08 bits per heavy atom. The highest BCUT2D eigenvalue weighted by molar-refractivity contribution is 6.01. The molecule has 0 radical (unpaired) electrons. The number of nitrogens with zero attached hydrogens (tertiary/aromatic N) is 1. The van der Waals surface area contributed by atoms with Crippen molar-refractivity contribution in [3.8, 4) is 0 Å². The third-order valence-corrected chi connectivity index (χ3v) is 4.66. The fourth-order valence-corrected chi connectivity index (χ4v) is 3.26. The number of rotatable bonds is 2. The van der Waals surface area contributed by atoms with Crippen LogP contribution in [0.15, 0.2) is 51.7 Å². The second kappa shape index (κ2) is 5.77. The number of hydrogen-bond acceptors (Lipinski definition) is 4. The molecule has 0 aliphatic carbocycles. The van der Waals surface area contributed by atoms with Gasteiger partial charge in [-0.25, -0.2) is 4.79 Å². The lowest BCUT2D eigenvalue weighted by molar-refractivity contribution is -0.115. The van der Waals surface area contributed by atoms with Crippen molar-refractivity contribution in [1.29, 1.82) is 0 Å². The summed E-state index contributed by atoms with van der Waals surface area (Å²) >= 11 is 0. The van der Waals surface area contributed by atoms with Gasteiger partial charge in [0.1, 0.15) is 5.58 Å². The summed E-state index contributed by atoms with van der Waals surface area (Å²) in [4.78, 5) is 26.0. The molecule has 0 spiro atoms. The molecule has 126 valence electrons. The highest BCUT2D eigenvalue weighted by Crippen LogP contribution is 2.31. The first kappa shape index (κ1) is 15.4. The predicted molar refractivity (Wildman–Crippen MR) is 98.1 cm³/mol. The van der Waals surface area contributed by atoms with Crippen LogP contribution in [0, 0.1) is 13.8 Å². The minimum atomic E-state index is -0.375. The Morgan fingerprint density at radius 3 is 2.68 bits per heavy atom. The van der Waals surface area contributed by atoms with Crippen LogP contribution in [0.3, 0.4) is 0 Å². The number of carbonyl (C=O) groups is 1. The molecule has 1 aliphatic rings. The number of nitrogens with one attached hydrogen (secondary N) is 1. The summed E-state index contributed by atoms with van der Waals surface area (Å²) in [5.41, 5.74) is 5.03. The molecular weight excluding hydrogens is 316 g/mol. The van der Waals surface area contributed by atoms with Gasteiger partial charge in [0.05, 0.1) is 17.9 Å². The number of aryl methyl sites for hydroxylation is 2. The van der Waals surface area contributed by atoms with Gasteiger partial charge in [0.25, 0.3) is 0 Å². The van der Waals surface area contributed by atoms with Crippen molar-refractivity contribution in [2.45, 2.75) is 20.4 Å². The maximum Gasteiger partial charge on any atom is 0.336 e. The van der Waals surface area contributed by atoms with Gasteiger partial charge in [-0.3, -0.25) is 4.79 Å². The maximum atomic E-state index is 12.0. The van der Waals surface area contributed by atoms with Crippen molar-refractivity contribution in [2.75, 3.05) is 16.8 Å². The van der Waals surface area contributed by atoms with Crippen molar-refractivity contribution < 1.29 is 9.21 Å². The molecule has 0 atom stereocenters. The van der Waals surface area contributed by atoms with E-state index in [1.54, 1.807) is 0 Å². The first-order valence-corrected chi connectivity index (χ1v) is 8.19. The van der Waals surface area contributed by atoms with Crippen LogP contribution in [0.4, 0.5) is 11.4 Å². The number of amides is 1. The lowest BCUT2D eigenvalue weighted by atomic mass is 10.0. The van der Waals surface area contributed by atoms with Gasteiger partial charge in [-0.15, -0.1) is 0 Å². The normalized spacial score (nSPS) is 13.7. The van der Waals surface area contributed by atoms with Crippen LogP contribution < -0.4 is 15.8 Å². The topological polar surface area (TPSA) is 62.6 Å². The molecule has 25 heavy (non-hydrogen) atoms. The van der Waals surface area contributed by atoms with E-state index >= 15 is 0 Å². The third kappa shape index (κ3) is 2.78.